The molecule has 0 aliphatic carbocycles. The molecule has 1 fully saturated rings. The molecule has 2 rings (SSSR count). The molecule has 1 aliphatic heterocycles. The lowest BCUT2D eigenvalue weighted by Crippen LogP contribution is -2.30. The number of hydrogen-bond acceptors (Lipinski definition) is 5. The van der Waals surface area contributed by atoms with Crippen molar-refractivity contribution in [2.75, 3.05) is 23.7 Å². The van der Waals surface area contributed by atoms with Gasteiger partial charge in [-0.1, -0.05) is 13.3 Å². The van der Waals surface area contributed by atoms with Crippen molar-refractivity contribution in [1.82, 2.24) is 0 Å². The second-order valence-electron chi connectivity index (χ2n) is 5.34. The van der Waals surface area contributed by atoms with Crippen LogP contribution in [-0.4, -0.2) is 34.9 Å². The van der Waals surface area contributed by atoms with Gasteiger partial charge in [0.1, 0.15) is 5.69 Å². The summed E-state index contributed by atoms with van der Waals surface area (Å²) < 4.78 is 0. The van der Waals surface area contributed by atoms with E-state index in [2.05, 4.69) is 11.8 Å². The lowest BCUT2D eigenvalue weighted by atomic mass is 10.1. The van der Waals surface area contributed by atoms with Crippen LogP contribution in [0.1, 0.15) is 36.5 Å². The number of rotatable bonds is 5. The SMILES string of the molecule is CCS[C@@H]1CCCCN(c2ccc(C(N)=O)cc2[N+](=O)[O-])C1. The van der Waals surface area contributed by atoms with Gasteiger partial charge in [-0.3, -0.25) is 14.9 Å². The number of benzene rings is 1. The fourth-order valence-electron chi connectivity index (χ4n) is 2.78. The van der Waals surface area contributed by atoms with E-state index < -0.39 is 10.8 Å². The quantitative estimate of drug-likeness (QED) is 0.665. The Morgan fingerprint density at radius 2 is 2.27 bits per heavy atom. The smallest absolute Gasteiger partial charge is 0.293 e. The molecular weight excluding hydrogens is 302 g/mol. The highest BCUT2D eigenvalue weighted by Gasteiger charge is 2.25. The van der Waals surface area contributed by atoms with Crippen molar-refractivity contribution in [3.05, 3.63) is 33.9 Å². The molecule has 0 spiro atoms. The van der Waals surface area contributed by atoms with Crippen molar-refractivity contribution < 1.29 is 9.72 Å². The first-order valence-electron chi connectivity index (χ1n) is 7.47. The first kappa shape index (κ1) is 16.6. The van der Waals surface area contributed by atoms with Gasteiger partial charge in [0.2, 0.25) is 5.91 Å². The highest BCUT2D eigenvalue weighted by Crippen LogP contribution is 2.33. The van der Waals surface area contributed by atoms with E-state index in [1.54, 1.807) is 12.1 Å². The third-order valence-corrected chi connectivity index (χ3v) is 5.02. The maximum absolute atomic E-state index is 11.4. The predicted octanol–water partition coefficient (Wildman–Crippen LogP) is 2.81. The number of nitro groups is 1. The summed E-state index contributed by atoms with van der Waals surface area (Å²) in [4.78, 5) is 24.2. The predicted molar refractivity (Wildman–Crippen MR) is 89.6 cm³/mol. The largest absolute Gasteiger partial charge is 0.366 e. The van der Waals surface area contributed by atoms with Crippen molar-refractivity contribution in [2.24, 2.45) is 5.73 Å². The summed E-state index contributed by atoms with van der Waals surface area (Å²) in [5, 5.41) is 11.8. The standard InChI is InChI=1S/C15H21N3O3S/c1-2-22-12-5-3-4-8-17(10-12)13-7-6-11(15(16)19)9-14(13)18(20)21/h6-7,9,12H,2-5,8,10H2,1H3,(H2,16,19)/t12-/m1/s1. The fourth-order valence-corrected chi connectivity index (χ4v) is 3.87. The molecule has 0 radical (unpaired) electrons. The van der Waals surface area contributed by atoms with E-state index in [4.69, 9.17) is 5.73 Å². The number of nitro benzene ring substituents is 1. The third kappa shape index (κ3) is 3.91. The van der Waals surface area contributed by atoms with Crippen LogP contribution in [0, 0.1) is 10.1 Å². The Kier molecular flexibility index (Phi) is 5.65. The van der Waals surface area contributed by atoms with Crippen molar-refractivity contribution in [1.29, 1.82) is 0 Å². The Labute approximate surface area is 134 Å². The number of amides is 1. The van der Waals surface area contributed by atoms with E-state index in [0.29, 0.717) is 10.9 Å². The molecular formula is C15H21N3O3S. The van der Waals surface area contributed by atoms with E-state index in [1.807, 2.05) is 11.8 Å². The van der Waals surface area contributed by atoms with Crippen LogP contribution < -0.4 is 10.6 Å². The number of anilines is 1. The van der Waals surface area contributed by atoms with Gasteiger partial charge in [-0.15, -0.1) is 0 Å². The molecule has 22 heavy (non-hydrogen) atoms. The van der Waals surface area contributed by atoms with Gasteiger partial charge < -0.3 is 10.6 Å². The minimum atomic E-state index is -0.648. The molecule has 1 aliphatic rings. The van der Waals surface area contributed by atoms with Crippen LogP contribution in [0.4, 0.5) is 11.4 Å². The molecule has 0 aromatic heterocycles. The van der Waals surface area contributed by atoms with Crippen LogP contribution >= 0.6 is 11.8 Å². The monoisotopic (exact) mass is 323 g/mol. The van der Waals surface area contributed by atoms with Gasteiger partial charge in [0.05, 0.1) is 4.92 Å². The molecule has 6 nitrogen and oxygen atoms in total. The summed E-state index contributed by atoms with van der Waals surface area (Å²) in [6.45, 7) is 3.73. The van der Waals surface area contributed by atoms with Crippen LogP contribution in [0.3, 0.4) is 0 Å². The van der Waals surface area contributed by atoms with Crippen LogP contribution in [-0.2, 0) is 0 Å². The second-order valence-corrected chi connectivity index (χ2v) is 6.92. The molecule has 1 aromatic rings. The van der Waals surface area contributed by atoms with Crippen LogP contribution in [0.25, 0.3) is 0 Å². The Morgan fingerprint density at radius 3 is 2.91 bits per heavy atom. The third-order valence-electron chi connectivity index (χ3n) is 3.83. The Morgan fingerprint density at radius 1 is 1.50 bits per heavy atom. The van der Waals surface area contributed by atoms with Gasteiger partial charge in [0.25, 0.3) is 5.69 Å². The van der Waals surface area contributed by atoms with Gasteiger partial charge >= 0.3 is 0 Å². The maximum Gasteiger partial charge on any atom is 0.293 e. The van der Waals surface area contributed by atoms with Crippen molar-refractivity contribution in [2.45, 2.75) is 31.4 Å². The van der Waals surface area contributed by atoms with Gasteiger partial charge in [-0.25, -0.2) is 0 Å². The number of nitrogens with zero attached hydrogens (tertiary/aromatic N) is 2. The molecule has 2 N–H and O–H groups in total. The molecule has 0 saturated carbocycles. The maximum atomic E-state index is 11.4. The highest BCUT2D eigenvalue weighted by atomic mass is 32.2. The number of carbonyl (C=O) groups is 1. The van der Waals surface area contributed by atoms with E-state index in [1.165, 1.54) is 6.07 Å². The molecule has 0 bridgehead atoms. The molecule has 1 amide bonds. The van der Waals surface area contributed by atoms with E-state index in [9.17, 15) is 14.9 Å². The van der Waals surface area contributed by atoms with Crippen LogP contribution in [0.2, 0.25) is 0 Å². The summed E-state index contributed by atoms with van der Waals surface area (Å²) in [7, 11) is 0. The first-order chi connectivity index (χ1) is 10.5. The molecule has 0 unspecified atom stereocenters. The van der Waals surface area contributed by atoms with Gasteiger partial charge in [0, 0.05) is 30.0 Å². The second kappa shape index (κ2) is 7.49. The normalized spacial score (nSPS) is 18.8. The lowest BCUT2D eigenvalue weighted by molar-refractivity contribution is -0.384. The zero-order chi connectivity index (χ0) is 16.1. The lowest BCUT2D eigenvalue weighted by Gasteiger charge is -2.26. The van der Waals surface area contributed by atoms with E-state index in [0.717, 1.165) is 38.1 Å². The first-order valence-corrected chi connectivity index (χ1v) is 8.52. The zero-order valence-corrected chi connectivity index (χ0v) is 13.5. The fraction of sp³-hybridized carbons (Fsp3) is 0.533. The summed E-state index contributed by atoms with van der Waals surface area (Å²) >= 11 is 1.90. The molecule has 1 heterocycles. The minimum Gasteiger partial charge on any atom is -0.366 e. The molecule has 7 heteroatoms. The summed E-state index contributed by atoms with van der Waals surface area (Å²) in [5.74, 6) is 0.395. The Balaban J connectivity index is 2.33. The molecule has 120 valence electrons. The summed E-state index contributed by atoms with van der Waals surface area (Å²) in [5.41, 5.74) is 5.93. The number of hydrogen-bond donors (Lipinski definition) is 1. The molecule has 1 saturated heterocycles. The van der Waals surface area contributed by atoms with Crippen molar-refractivity contribution in [3.8, 4) is 0 Å². The van der Waals surface area contributed by atoms with Crippen molar-refractivity contribution in [3.63, 3.8) is 0 Å². The average Bonchev–Trinajstić information content (AvgIpc) is 2.72. The highest BCUT2D eigenvalue weighted by molar-refractivity contribution is 7.99. The van der Waals surface area contributed by atoms with Crippen molar-refractivity contribution >= 4 is 29.0 Å². The molecule has 1 aromatic carbocycles. The number of thioether (sulfide) groups is 1. The number of nitrogens with two attached hydrogens (primary N) is 1. The Hall–Kier alpha value is -1.76. The topological polar surface area (TPSA) is 89.5 Å². The van der Waals surface area contributed by atoms with Crippen LogP contribution in [0.5, 0.6) is 0 Å². The van der Waals surface area contributed by atoms with Gasteiger partial charge in [-0.05, 0) is 30.7 Å². The summed E-state index contributed by atoms with van der Waals surface area (Å²) in [6, 6.07) is 4.50. The number of carbonyl (C=O) groups excluding carboxylic acids is 1. The van der Waals surface area contributed by atoms with Crippen LogP contribution in [0.15, 0.2) is 18.2 Å². The van der Waals surface area contributed by atoms with Gasteiger partial charge in [0.15, 0.2) is 0 Å². The van der Waals surface area contributed by atoms with E-state index in [-0.39, 0.29) is 11.3 Å². The van der Waals surface area contributed by atoms with E-state index >= 15 is 0 Å². The Bertz CT molecular complexity index is 565. The van der Waals surface area contributed by atoms with Gasteiger partial charge in [-0.2, -0.15) is 11.8 Å². The molecule has 1 atom stereocenters. The zero-order valence-electron chi connectivity index (χ0n) is 12.7. The minimum absolute atomic E-state index is 0.0431. The summed E-state index contributed by atoms with van der Waals surface area (Å²) in [6.07, 6.45) is 3.30. The average molecular weight is 323 g/mol. The number of primary amides is 1.